The van der Waals surface area contributed by atoms with Gasteiger partial charge in [-0.3, -0.25) is 4.90 Å². The van der Waals surface area contributed by atoms with E-state index in [2.05, 4.69) is 68.5 Å². The van der Waals surface area contributed by atoms with Gasteiger partial charge in [0.15, 0.2) is 11.4 Å². The minimum atomic E-state index is 0.292. The molecule has 0 unspecified atom stereocenters. The fourth-order valence-corrected chi connectivity index (χ4v) is 4.35. The third kappa shape index (κ3) is 3.42. The Morgan fingerprint density at radius 3 is 2.72 bits per heavy atom. The van der Waals surface area contributed by atoms with Gasteiger partial charge in [-0.2, -0.15) is 4.52 Å². The van der Waals surface area contributed by atoms with Crippen molar-refractivity contribution in [3.8, 4) is 22.8 Å². The summed E-state index contributed by atoms with van der Waals surface area (Å²) in [5.41, 5.74) is 12.8. The first kappa shape index (κ1) is 18.8. The maximum absolute atomic E-state index is 6.20. The highest BCUT2D eigenvalue weighted by atomic mass is 16.3. The molecule has 6 rings (SSSR count). The summed E-state index contributed by atoms with van der Waals surface area (Å²) in [7, 11) is 0. The van der Waals surface area contributed by atoms with Gasteiger partial charge in [0.1, 0.15) is 0 Å². The molecule has 0 saturated carbocycles. The molecule has 158 valence electrons. The molecule has 0 aliphatic carbocycles. The second-order valence-electron chi connectivity index (χ2n) is 8.11. The Labute approximate surface area is 185 Å². The van der Waals surface area contributed by atoms with Crippen LogP contribution in [0.2, 0.25) is 0 Å². The molecule has 0 atom stereocenters. The SMILES string of the molecule is Nc1nc(-c2cccc(CN3CCc4ccccc4C3)c2)cc2nc(-c3ccco3)nn12. The molecular weight excluding hydrogens is 400 g/mol. The Kier molecular flexibility index (Phi) is 4.47. The van der Waals surface area contributed by atoms with E-state index in [1.807, 2.05) is 12.1 Å². The molecule has 4 heterocycles. The number of furan rings is 1. The van der Waals surface area contributed by atoms with Crippen LogP contribution < -0.4 is 5.73 Å². The van der Waals surface area contributed by atoms with Crippen LogP contribution in [0.25, 0.3) is 28.5 Å². The van der Waals surface area contributed by atoms with Gasteiger partial charge in [-0.05, 0) is 41.3 Å². The normalized spacial score (nSPS) is 14.0. The van der Waals surface area contributed by atoms with Crippen LogP contribution in [0.1, 0.15) is 16.7 Å². The van der Waals surface area contributed by atoms with E-state index < -0.39 is 0 Å². The number of nitrogens with two attached hydrogens (primary N) is 1. The van der Waals surface area contributed by atoms with Crippen molar-refractivity contribution < 1.29 is 4.42 Å². The standard InChI is InChI=1S/C25H22N6O/c26-25-27-21(14-23-28-24(29-31(23)25)22-9-4-12-32-22)19-8-3-5-17(13-19)15-30-11-10-18-6-1-2-7-20(18)16-30/h1-9,12-14H,10-11,15-16H2,(H2,26,27). The smallest absolute Gasteiger partial charge is 0.223 e. The molecule has 1 aliphatic rings. The van der Waals surface area contributed by atoms with Gasteiger partial charge in [-0.25, -0.2) is 9.97 Å². The van der Waals surface area contributed by atoms with Crippen LogP contribution in [-0.2, 0) is 19.5 Å². The lowest BCUT2D eigenvalue weighted by atomic mass is 9.99. The zero-order valence-electron chi connectivity index (χ0n) is 17.5. The quantitative estimate of drug-likeness (QED) is 0.467. The van der Waals surface area contributed by atoms with E-state index in [4.69, 9.17) is 10.2 Å². The van der Waals surface area contributed by atoms with E-state index in [0.29, 0.717) is 23.2 Å². The lowest BCUT2D eigenvalue weighted by Crippen LogP contribution is -2.29. The largest absolute Gasteiger partial charge is 0.461 e. The van der Waals surface area contributed by atoms with Gasteiger partial charge >= 0.3 is 0 Å². The number of aromatic nitrogens is 4. The van der Waals surface area contributed by atoms with Crippen molar-refractivity contribution in [3.63, 3.8) is 0 Å². The highest BCUT2D eigenvalue weighted by molar-refractivity contribution is 5.67. The monoisotopic (exact) mass is 422 g/mol. The average Bonchev–Trinajstić information content (AvgIpc) is 3.49. The Bertz CT molecular complexity index is 1410. The summed E-state index contributed by atoms with van der Waals surface area (Å²) in [5.74, 6) is 1.38. The predicted octanol–water partition coefficient (Wildman–Crippen LogP) is 4.19. The third-order valence-corrected chi connectivity index (χ3v) is 5.93. The summed E-state index contributed by atoms with van der Waals surface area (Å²) >= 11 is 0. The number of benzene rings is 2. The molecule has 2 N–H and O–H groups in total. The van der Waals surface area contributed by atoms with E-state index in [1.165, 1.54) is 21.2 Å². The van der Waals surface area contributed by atoms with Gasteiger partial charge in [0.2, 0.25) is 11.8 Å². The van der Waals surface area contributed by atoms with Crippen LogP contribution in [0.15, 0.2) is 77.4 Å². The molecule has 2 aromatic carbocycles. The molecule has 32 heavy (non-hydrogen) atoms. The highest BCUT2D eigenvalue weighted by Crippen LogP contribution is 2.25. The van der Waals surface area contributed by atoms with Crippen molar-refractivity contribution in [2.24, 2.45) is 0 Å². The summed E-state index contributed by atoms with van der Waals surface area (Å²) in [5, 5.41) is 4.42. The van der Waals surface area contributed by atoms with Crippen molar-refractivity contribution in [2.45, 2.75) is 19.5 Å². The molecule has 0 amide bonds. The molecule has 3 aromatic heterocycles. The van der Waals surface area contributed by atoms with Crippen LogP contribution >= 0.6 is 0 Å². The van der Waals surface area contributed by atoms with Crippen LogP contribution in [0.4, 0.5) is 5.95 Å². The first-order valence-corrected chi connectivity index (χ1v) is 10.7. The molecule has 0 spiro atoms. The average molecular weight is 422 g/mol. The second kappa shape index (κ2) is 7.62. The molecule has 7 nitrogen and oxygen atoms in total. The van der Waals surface area contributed by atoms with Gasteiger partial charge in [-0.15, -0.1) is 5.10 Å². The number of hydrogen-bond donors (Lipinski definition) is 1. The van der Waals surface area contributed by atoms with Crippen molar-refractivity contribution in [3.05, 3.63) is 89.7 Å². The second-order valence-corrected chi connectivity index (χ2v) is 8.11. The summed E-state index contributed by atoms with van der Waals surface area (Å²) < 4.78 is 6.95. The summed E-state index contributed by atoms with van der Waals surface area (Å²) in [6.07, 6.45) is 2.69. The van der Waals surface area contributed by atoms with Crippen LogP contribution in [0.5, 0.6) is 0 Å². The number of anilines is 1. The zero-order chi connectivity index (χ0) is 21.5. The topological polar surface area (TPSA) is 85.5 Å². The van der Waals surface area contributed by atoms with Crippen molar-refractivity contribution >= 4 is 11.6 Å². The molecule has 0 fully saturated rings. The fourth-order valence-electron chi connectivity index (χ4n) is 4.35. The van der Waals surface area contributed by atoms with Crippen molar-refractivity contribution in [2.75, 3.05) is 12.3 Å². The summed E-state index contributed by atoms with van der Waals surface area (Å²) in [4.78, 5) is 11.6. The van der Waals surface area contributed by atoms with Gasteiger partial charge < -0.3 is 10.2 Å². The Morgan fingerprint density at radius 1 is 0.938 bits per heavy atom. The van der Waals surface area contributed by atoms with Crippen molar-refractivity contribution in [1.82, 2.24) is 24.5 Å². The molecule has 0 bridgehead atoms. The minimum Gasteiger partial charge on any atom is -0.461 e. The lowest BCUT2D eigenvalue weighted by Gasteiger charge is -2.28. The molecule has 1 aliphatic heterocycles. The number of fused-ring (bicyclic) bond motifs is 2. The molecule has 0 radical (unpaired) electrons. The van der Waals surface area contributed by atoms with E-state index in [9.17, 15) is 0 Å². The first-order chi connectivity index (χ1) is 15.7. The number of rotatable bonds is 4. The van der Waals surface area contributed by atoms with Crippen LogP contribution in [0.3, 0.4) is 0 Å². The highest BCUT2D eigenvalue weighted by Gasteiger charge is 2.17. The fraction of sp³-hybridized carbons (Fsp3) is 0.160. The van der Waals surface area contributed by atoms with Crippen molar-refractivity contribution in [1.29, 1.82) is 0 Å². The van der Waals surface area contributed by atoms with E-state index in [0.717, 1.165) is 37.3 Å². The van der Waals surface area contributed by atoms with Gasteiger partial charge in [0.25, 0.3) is 0 Å². The van der Waals surface area contributed by atoms with Crippen LogP contribution in [-0.4, -0.2) is 31.0 Å². The van der Waals surface area contributed by atoms with Gasteiger partial charge in [0, 0.05) is 31.3 Å². The van der Waals surface area contributed by atoms with Crippen LogP contribution in [0, 0.1) is 0 Å². The first-order valence-electron chi connectivity index (χ1n) is 10.7. The van der Waals surface area contributed by atoms with E-state index in [1.54, 1.807) is 12.3 Å². The Morgan fingerprint density at radius 2 is 1.84 bits per heavy atom. The van der Waals surface area contributed by atoms with Gasteiger partial charge in [0.05, 0.1) is 12.0 Å². The predicted molar refractivity (Wildman–Crippen MR) is 123 cm³/mol. The van der Waals surface area contributed by atoms with E-state index >= 15 is 0 Å². The maximum Gasteiger partial charge on any atom is 0.223 e. The Balaban J connectivity index is 1.28. The number of hydrogen-bond acceptors (Lipinski definition) is 6. The lowest BCUT2D eigenvalue weighted by molar-refractivity contribution is 0.245. The zero-order valence-corrected chi connectivity index (χ0v) is 17.5. The summed E-state index contributed by atoms with van der Waals surface area (Å²) in [6, 6.07) is 22.7. The summed E-state index contributed by atoms with van der Waals surface area (Å²) in [6.45, 7) is 2.94. The van der Waals surface area contributed by atoms with E-state index in [-0.39, 0.29) is 0 Å². The van der Waals surface area contributed by atoms with Gasteiger partial charge in [-0.1, -0.05) is 42.5 Å². The number of nitrogen functional groups attached to an aromatic ring is 1. The molecule has 7 heteroatoms. The molecule has 5 aromatic rings. The Hall–Kier alpha value is -3.97. The molecule has 0 saturated heterocycles. The molecular formula is C25H22N6O. The number of nitrogens with zero attached hydrogens (tertiary/aromatic N) is 5. The maximum atomic E-state index is 6.20. The minimum absolute atomic E-state index is 0.292. The third-order valence-electron chi connectivity index (χ3n) is 5.93.